The molecule has 9 atom stereocenters. The van der Waals surface area contributed by atoms with Gasteiger partial charge in [-0.3, -0.25) is 4.79 Å². The molecule has 0 aliphatic heterocycles. The fourth-order valence-corrected chi connectivity index (χ4v) is 8.86. The zero-order chi connectivity index (χ0) is 19.9. The van der Waals surface area contributed by atoms with Gasteiger partial charge < -0.3 is 9.84 Å². The average Bonchev–Trinajstić information content (AvgIpc) is 3.06. The number of fused-ring (bicyclic) bond motifs is 7. The monoisotopic (exact) mass is 386 g/mol. The second-order valence-electron chi connectivity index (χ2n) is 11.2. The van der Waals surface area contributed by atoms with Crippen molar-refractivity contribution in [3.8, 4) is 0 Å². The Hall–Kier alpha value is -0.670. The van der Waals surface area contributed by atoms with E-state index in [1.54, 1.807) is 5.57 Å². The highest BCUT2D eigenvalue weighted by Crippen LogP contribution is 2.73. The van der Waals surface area contributed by atoms with Crippen LogP contribution in [0.2, 0.25) is 0 Å². The van der Waals surface area contributed by atoms with Gasteiger partial charge in [0.05, 0.1) is 12.2 Å². The Morgan fingerprint density at radius 1 is 1.18 bits per heavy atom. The van der Waals surface area contributed by atoms with Gasteiger partial charge in [0.1, 0.15) is 5.78 Å². The van der Waals surface area contributed by atoms with Gasteiger partial charge in [0.2, 0.25) is 0 Å². The first kappa shape index (κ1) is 19.3. The van der Waals surface area contributed by atoms with Crippen molar-refractivity contribution in [2.24, 2.45) is 46.3 Å². The molecule has 0 saturated heterocycles. The van der Waals surface area contributed by atoms with Gasteiger partial charge >= 0.3 is 0 Å². The van der Waals surface area contributed by atoms with Crippen molar-refractivity contribution in [2.45, 2.75) is 78.2 Å². The topological polar surface area (TPSA) is 46.5 Å². The number of Topliss-reactive ketones (excluding diaryl/α,β-unsaturated/α-hetero) is 1. The molecular weight excluding hydrogens is 348 g/mol. The molecule has 0 aromatic rings. The van der Waals surface area contributed by atoms with Crippen LogP contribution in [0.5, 0.6) is 0 Å². The van der Waals surface area contributed by atoms with Crippen molar-refractivity contribution in [1.29, 1.82) is 0 Å². The van der Waals surface area contributed by atoms with E-state index in [2.05, 4.69) is 19.9 Å². The summed E-state index contributed by atoms with van der Waals surface area (Å²) in [5.74, 6) is 3.39. The number of carbonyl (C=O) groups is 1. The number of ether oxygens (including phenoxy) is 1. The van der Waals surface area contributed by atoms with Crippen molar-refractivity contribution in [2.75, 3.05) is 13.2 Å². The van der Waals surface area contributed by atoms with Crippen LogP contribution in [-0.4, -0.2) is 29.7 Å². The fraction of sp³-hybridized carbons (Fsp3) is 0.880. The Labute approximate surface area is 170 Å². The Balaban J connectivity index is 1.44. The summed E-state index contributed by atoms with van der Waals surface area (Å²) < 4.78 is 5.73. The molecule has 156 valence electrons. The Kier molecular flexibility index (Phi) is 4.25. The van der Waals surface area contributed by atoms with Crippen LogP contribution in [0.3, 0.4) is 0 Å². The van der Waals surface area contributed by atoms with Crippen LogP contribution in [0.1, 0.15) is 72.6 Å². The van der Waals surface area contributed by atoms with Crippen LogP contribution >= 0.6 is 0 Å². The third-order valence-corrected chi connectivity index (χ3v) is 10.3. The van der Waals surface area contributed by atoms with Crippen LogP contribution in [0.15, 0.2) is 11.6 Å². The molecule has 1 N–H and O–H groups in total. The minimum atomic E-state index is -0.455. The van der Waals surface area contributed by atoms with E-state index >= 15 is 0 Å². The highest BCUT2D eigenvalue weighted by Gasteiger charge is 2.73. The van der Waals surface area contributed by atoms with E-state index in [0.29, 0.717) is 35.4 Å². The summed E-state index contributed by atoms with van der Waals surface area (Å²) in [4.78, 5) is 12.3. The molecule has 0 bridgehead atoms. The number of allylic oxidation sites excluding steroid dienone is 2. The lowest BCUT2D eigenvalue weighted by atomic mass is 9.48. The number of hydrogen-bond acceptors (Lipinski definition) is 3. The number of carbonyl (C=O) groups excluding carboxylic acids is 1. The number of hydrogen-bond donors (Lipinski definition) is 1. The van der Waals surface area contributed by atoms with Crippen LogP contribution in [0.25, 0.3) is 0 Å². The Morgan fingerprint density at radius 2 is 1.93 bits per heavy atom. The normalized spacial score (nSPS) is 54.1. The highest BCUT2D eigenvalue weighted by atomic mass is 16.5. The summed E-state index contributed by atoms with van der Waals surface area (Å²) in [5, 5.41) is 11.2. The molecule has 5 rings (SSSR count). The third-order valence-electron chi connectivity index (χ3n) is 10.3. The highest BCUT2D eigenvalue weighted by molar-refractivity contribution is 5.79. The van der Waals surface area contributed by atoms with Gasteiger partial charge in [-0.2, -0.15) is 0 Å². The SMILES string of the molecule is CCOCC1C2[C@H]3CC[C@@H]4C(=CC[C@]5(C)[C@@H](C(C)=O)CC[C@@H]45)[C@@]3(C)CC[C@]12O. The predicted octanol–water partition coefficient (Wildman–Crippen LogP) is 4.78. The number of rotatable bonds is 4. The molecular formula is C25H38O3. The van der Waals surface area contributed by atoms with Crippen molar-refractivity contribution in [3.05, 3.63) is 11.6 Å². The molecule has 5 aliphatic carbocycles. The van der Waals surface area contributed by atoms with E-state index in [0.717, 1.165) is 38.9 Å². The number of aliphatic hydroxyl groups is 1. The Bertz CT molecular complexity index is 713. The van der Waals surface area contributed by atoms with Gasteiger partial charge in [-0.05, 0) is 93.3 Å². The first-order valence-electron chi connectivity index (χ1n) is 11.8. The van der Waals surface area contributed by atoms with Gasteiger partial charge in [0.25, 0.3) is 0 Å². The van der Waals surface area contributed by atoms with Gasteiger partial charge in [-0.25, -0.2) is 0 Å². The lowest BCUT2D eigenvalue weighted by Crippen LogP contribution is -2.49. The minimum Gasteiger partial charge on any atom is -0.389 e. The summed E-state index contributed by atoms with van der Waals surface area (Å²) in [6.07, 6.45) is 10.5. The summed E-state index contributed by atoms with van der Waals surface area (Å²) in [6.45, 7) is 10.2. The molecule has 3 nitrogen and oxygen atoms in total. The smallest absolute Gasteiger partial charge is 0.133 e. The summed E-state index contributed by atoms with van der Waals surface area (Å²) in [7, 11) is 0. The van der Waals surface area contributed by atoms with Crippen molar-refractivity contribution >= 4 is 5.78 Å². The third kappa shape index (κ3) is 2.32. The first-order chi connectivity index (χ1) is 13.3. The molecule has 0 radical (unpaired) electrons. The second kappa shape index (κ2) is 6.17. The average molecular weight is 387 g/mol. The maximum Gasteiger partial charge on any atom is 0.133 e. The molecule has 4 saturated carbocycles. The van der Waals surface area contributed by atoms with Crippen molar-refractivity contribution < 1.29 is 14.6 Å². The minimum absolute atomic E-state index is 0.176. The molecule has 0 aromatic heterocycles. The summed E-state index contributed by atoms with van der Waals surface area (Å²) >= 11 is 0. The lowest BCUT2D eigenvalue weighted by molar-refractivity contribution is -0.124. The lowest BCUT2D eigenvalue weighted by Gasteiger charge is -2.56. The van der Waals surface area contributed by atoms with Crippen LogP contribution < -0.4 is 0 Å². The molecule has 0 amide bonds. The van der Waals surface area contributed by atoms with Gasteiger partial charge in [-0.15, -0.1) is 0 Å². The van der Waals surface area contributed by atoms with Crippen LogP contribution in [0.4, 0.5) is 0 Å². The number of ketones is 1. The maximum absolute atomic E-state index is 12.3. The Morgan fingerprint density at radius 3 is 2.64 bits per heavy atom. The maximum atomic E-state index is 12.3. The van der Waals surface area contributed by atoms with Crippen molar-refractivity contribution in [3.63, 3.8) is 0 Å². The van der Waals surface area contributed by atoms with Gasteiger partial charge in [0, 0.05) is 18.4 Å². The molecule has 28 heavy (non-hydrogen) atoms. The quantitative estimate of drug-likeness (QED) is 0.708. The van der Waals surface area contributed by atoms with E-state index in [-0.39, 0.29) is 16.7 Å². The van der Waals surface area contributed by atoms with E-state index < -0.39 is 5.60 Å². The molecule has 0 spiro atoms. The zero-order valence-corrected chi connectivity index (χ0v) is 18.2. The van der Waals surface area contributed by atoms with Crippen LogP contribution in [0, 0.1) is 46.3 Å². The standard InChI is InChI=1S/C25H38O3/c1-5-28-14-21-22-20-7-6-16-18-9-8-17(15(2)26)23(18,3)11-10-19(16)24(20,4)12-13-25(21,22)27/h10,16-18,20-22,27H,5-9,11-14H2,1-4H3/t16-,17+,18-,20+,21?,22?,23+,24+,25-/m0/s1. The molecule has 0 heterocycles. The molecule has 0 aromatic carbocycles. The second-order valence-corrected chi connectivity index (χ2v) is 11.2. The summed E-state index contributed by atoms with van der Waals surface area (Å²) in [5.41, 5.74) is 1.68. The van der Waals surface area contributed by atoms with E-state index in [9.17, 15) is 9.90 Å². The molecule has 5 aliphatic rings. The van der Waals surface area contributed by atoms with E-state index in [1.807, 2.05) is 13.8 Å². The fourth-order valence-electron chi connectivity index (χ4n) is 8.86. The van der Waals surface area contributed by atoms with Gasteiger partial charge in [-0.1, -0.05) is 25.5 Å². The molecule has 2 unspecified atom stereocenters. The van der Waals surface area contributed by atoms with E-state index in [4.69, 9.17) is 4.74 Å². The molecule has 3 heteroatoms. The first-order valence-corrected chi connectivity index (χ1v) is 11.8. The van der Waals surface area contributed by atoms with Crippen LogP contribution in [-0.2, 0) is 9.53 Å². The van der Waals surface area contributed by atoms with Gasteiger partial charge in [0.15, 0.2) is 0 Å². The zero-order valence-electron chi connectivity index (χ0n) is 18.2. The van der Waals surface area contributed by atoms with E-state index in [1.165, 1.54) is 19.3 Å². The molecule has 4 fully saturated rings. The summed E-state index contributed by atoms with van der Waals surface area (Å²) in [6, 6.07) is 0. The van der Waals surface area contributed by atoms with Crippen molar-refractivity contribution in [1.82, 2.24) is 0 Å². The largest absolute Gasteiger partial charge is 0.389 e. The predicted molar refractivity (Wildman–Crippen MR) is 110 cm³/mol.